The number of hydrazone groups is 1. The number of hydrogen-bond donors (Lipinski definition) is 1. The van der Waals surface area contributed by atoms with E-state index >= 15 is 0 Å². The minimum Gasteiger partial charge on any atom is -0.418 e. The Morgan fingerprint density at radius 1 is 1.00 bits per heavy atom. The zero-order valence-electron chi connectivity index (χ0n) is 11.0. The normalized spacial score (nSPS) is 21.4. The predicted octanol–water partition coefficient (Wildman–Crippen LogP) is 1.81. The monoisotopic (exact) mass is 320 g/mol. The molecule has 0 unspecified atom stereocenters. The first-order valence-corrected chi connectivity index (χ1v) is 6.74. The minimum atomic E-state index is -6.00. The Kier molecular flexibility index (Phi) is 6.67. The van der Waals surface area contributed by atoms with Gasteiger partial charge >= 0.3 is 13.3 Å². The largest absolute Gasteiger partial charge is 0.673 e. The highest BCUT2D eigenvalue weighted by Crippen LogP contribution is 2.11. The maximum absolute atomic E-state index is 9.75. The molecule has 0 aromatic heterocycles. The van der Waals surface area contributed by atoms with Gasteiger partial charge < -0.3 is 22.1 Å². The second-order valence-electron chi connectivity index (χ2n) is 4.48. The van der Waals surface area contributed by atoms with Crippen LogP contribution in [0.3, 0.4) is 0 Å². The Balaban J connectivity index is 0.000000347. The fourth-order valence-corrected chi connectivity index (χ4v) is 2.14. The second-order valence-corrected chi connectivity index (χ2v) is 4.80. The van der Waals surface area contributed by atoms with Gasteiger partial charge in [0, 0.05) is 13.1 Å². The quantitative estimate of drug-likeness (QED) is 0.277. The third kappa shape index (κ3) is 7.04. The molecule has 5 nitrogen and oxygen atoms in total. The second kappa shape index (κ2) is 7.77. The van der Waals surface area contributed by atoms with E-state index < -0.39 is 7.25 Å². The number of hydrogen-bond acceptors (Lipinski definition) is 3. The molecule has 0 amide bonds. The van der Waals surface area contributed by atoms with Crippen LogP contribution in [0.15, 0.2) is 0 Å². The topological polar surface area (TPSA) is 44.7 Å². The summed E-state index contributed by atoms with van der Waals surface area (Å²) in [6.45, 7) is 3.78. The van der Waals surface area contributed by atoms with Gasteiger partial charge in [-0.1, -0.05) is 0 Å². The fraction of sp³-hybridized carbons (Fsp3) is 0.889. The Bertz CT molecular complexity index is 326. The molecule has 2 saturated heterocycles. The van der Waals surface area contributed by atoms with Gasteiger partial charge in [-0.2, -0.15) is 0 Å². The highest BCUT2D eigenvalue weighted by atomic mass is 35.5. The van der Waals surface area contributed by atoms with E-state index in [2.05, 4.69) is 0 Å². The first kappa shape index (κ1) is 17.2. The van der Waals surface area contributed by atoms with E-state index in [1.807, 2.05) is 10.1 Å². The van der Waals surface area contributed by atoms with Crippen molar-refractivity contribution in [2.75, 3.05) is 26.2 Å². The van der Waals surface area contributed by atoms with Gasteiger partial charge in [0.05, 0.1) is 13.1 Å². The zero-order valence-corrected chi connectivity index (χ0v) is 11.7. The molecular weight excluding hydrogens is 302 g/mol. The number of nitrogens with zero attached hydrogens (tertiary/aromatic N) is 3. The summed E-state index contributed by atoms with van der Waals surface area (Å²) < 4.78 is 40.4. The van der Waals surface area contributed by atoms with Crippen molar-refractivity contribution in [2.24, 2.45) is 5.73 Å². The van der Waals surface area contributed by atoms with E-state index in [1.54, 1.807) is 0 Å². The van der Waals surface area contributed by atoms with Crippen LogP contribution < -0.4 is 5.73 Å². The maximum Gasteiger partial charge on any atom is 0.673 e. The minimum absolute atomic E-state index is 0.264. The van der Waals surface area contributed by atoms with E-state index in [0.717, 1.165) is 26.2 Å². The van der Waals surface area contributed by atoms with Crippen LogP contribution in [0.2, 0.25) is 0 Å². The van der Waals surface area contributed by atoms with E-state index in [9.17, 15) is 17.3 Å². The number of nitrogens with two attached hydrogens (primary N) is 1. The highest BCUT2D eigenvalue weighted by Gasteiger charge is 2.24. The summed E-state index contributed by atoms with van der Waals surface area (Å²) in [5.74, 6) is 0. The molecular formula is C9H18BClF4N4O. The van der Waals surface area contributed by atoms with Crippen molar-refractivity contribution in [3.8, 4) is 0 Å². The fourth-order valence-electron chi connectivity index (χ4n) is 1.96. The Labute approximate surface area is 120 Å². The van der Waals surface area contributed by atoms with Crippen molar-refractivity contribution in [2.45, 2.75) is 25.7 Å². The van der Waals surface area contributed by atoms with Crippen molar-refractivity contribution in [1.29, 1.82) is 0 Å². The first-order chi connectivity index (χ1) is 9.27. The van der Waals surface area contributed by atoms with Gasteiger partial charge in [0.1, 0.15) is 0 Å². The maximum atomic E-state index is 9.75. The summed E-state index contributed by atoms with van der Waals surface area (Å²) in [4.78, 5) is 5.47. The van der Waals surface area contributed by atoms with Crippen LogP contribution in [0.25, 0.3) is 0 Å². The molecule has 0 saturated carbocycles. The molecule has 0 aromatic rings. The molecule has 2 rings (SSSR count). The summed E-state index contributed by atoms with van der Waals surface area (Å²) >= 11 is 6.06. The molecule has 2 aliphatic rings. The zero-order chi connectivity index (χ0) is 15.2. The lowest BCUT2D eigenvalue weighted by atomic mass is 10.3. The lowest BCUT2D eigenvalue weighted by Gasteiger charge is -2.16. The smallest absolute Gasteiger partial charge is 0.418 e. The molecule has 0 aromatic carbocycles. The van der Waals surface area contributed by atoms with E-state index in [0.29, 0.717) is 0 Å². The molecule has 2 heterocycles. The molecule has 2 aliphatic heterocycles. The van der Waals surface area contributed by atoms with E-state index in [1.165, 1.54) is 29.9 Å². The molecule has 2 fully saturated rings. The van der Waals surface area contributed by atoms with Gasteiger partial charge in [0.2, 0.25) is 0 Å². The third-order valence-electron chi connectivity index (χ3n) is 2.80. The summed E-state index contributed by atoms with van der Waals surface area (Å²) in [5, 5.41) is 3.85. The van der Waals surface area contributed by atoms with Gasteiger partial charge in [-0.25, -0.2) is 10.7 Å². The van der Waals surface area contributed by atoms with E-state index in [4.69, 9.17) is 22.3 Å². The number of hydroxylamine groups is 2. The van der Waals surface area contributed by atoms with Crippen LogP contribution >= 0.6 is 11.8 Å². The Morgan fingerprint density at radius 3 is 1.85 bits per heavy atom. The molecule has 2 N–H and O–H groups in total. The molecule has 0 atom stereocenters. The molecule has 118 valence electrons. The Morgan fingerprint density at radius 2 is 1.40 bits per heavy atom. The van der Waals surface area contributed by atoms with Crippen LogP contribution in [0.1, 0.15) is 25.7 Å². The number of hydrazine groups is 1. The van der Waals surface area contributed by atoms with Gasteiger partial charge in [0.15, 0.2) is 11.8 Å². The molecule has 0 radical (unpaired) electrons. The van der Waals surface area contributed by atoms with Crippen molar-refractivity contribution in [3.05, 3.63) is 0 Å². The summed E-state index contributed by atoms with van der Waals surface area (Å²) in [7, 11) is -6.00. The average molecular weight is 321 g/mol. The molecule has 11 heteroatoms. The van der Waals surface area contributed by atoms with E-state index in [-0.39, 0.29) is 6.02 Å². The van der Waals surface area contributed by atoms with Gasteiger partial charge in [-0.05, 0) is 29.9 Å². The van der Waals surface area contributed by atoms with Crippen LogP contribution in [-0.2, 0) is 4.84 Å². The molecule has 20 heavy (non-hydrogen) atoms. The SMILES string of the molecule is F[B-](F)(F)F.NC(ON1CCCC1)=[N+](Cl)N1CCCC1. The van der Waals surface area contributed by atoms with Crippen LogP contribution in [0, 0.1) is 0 Å². The van der Waals surface area contributed by atoms with Crippen molar-refractivity contribution in [1.82, 2.24) is 10.1 Å². The molecule has 0 bridgehead atoms. The van der Waals surface area contributed by atoms with Crippen molar-refractivity contribution >= 4 is 25.1 Å². The summed E-state index contributed by atoms with van der Waals surface area (Å²) in [6, 6.07) is 0.264. The number of amidine groups is 1. The van der Waals surface area contributed by atoms with Gasteiger partial charge in [0.25, 0.3) is 0 Å². The van der Waals surface area contributed by atoms with Crippen molar-refractivity contribution in [3.63, 3.8) is 0 Å². The first-order valence-electron chi connectivity index (χ1n) is 6.41. The van der Waals surface area contributed by atoms with Crippen LogP contribution in [0.5, 0.6) is 0 Å². The predicted molar refractivity (Wildman–Crippen MR) is 68.2 cm³/mol. The van der Waals surface area contributed by atoms with Gasteiger partial charge in [-0.3, -0.25) is 0 Å². The third-order valence-corrected chi connectivity index (χ3v) is 3.18. The highest BCUT2D eigenvalue weighted by molar-refractivity contribution is 6.50. The lowest BCUT2D eigenvalue weighted by molar-refractivity contribution is -0.576. The standard InChI is InChI=1S/C9H17ClN4O.BF4/c10-14(12-5-1-2-6-12)9(11)15-13-7-3-4-8-13;2-1(3,4)5/h11H,1-8H2;/q;-1/p+1. The number of rotatable bonds is 2. The van der Waals surface area contributed by atoms with Crippen LogP contribution in [-0.4, -0.2) is 53.7 Å². The van der Waals surface area contributed by atoms with Gasteiger partial charge in [-0.15, -0.1) is 5.06 Å². The van der Waals surface area contributed by atoms with Crippen molar-refractivity contribution < 1.29 is 26.3 Å². The molecule has 0 aliphatic carbocycles. The van der Waals surface area contributed by atoms with Crippen LogP contribution in [0.4, 0.5) is 17.3 Å². The lowest BCUT2D eigenvalue weighted by Crippen LogP contribution is -2.40. The number of halogens is 5. The average Bonchev–Trinajstić information content (AvgIpc) is 2.98. The summed E-state index contributed by atoms with van der Waals surface area (Å²) in [5.41, 5.74) is 5.78. The summed E-state index contributed by atoms with van der Waals surface area (Å²) in [6.07, 6.45) is 4.67. The Hall–Kier alpha value is -0.895. The molecule has 0 spiro atoms.